The van der Waals surface area contributed by atoms with E-state index in [1.165, 1.54) is 12.1 Å². The zero-order chi connectivity index (χ0) is 16.9. The first-order chi connectivity index (χ1) is 11.2. The Balaban J connectivity index is 2.38. The van der Waals surface area contributed by atoms with Crippen LogP contribution in [0.1, 0.15) is 12.5 Å². The highest BCUT2D eigenvalue weighted by molar-refractivity contribution is 5.84. The standard InChI is InChI=1S/C16H25FN4O2/c1-3-18-16(21-12-15(22)19-9-10-23-2)20-8-7-13-5-4-6-14(17)11-13/h4-6,11H,3,7-10,12H2,1-2H3,(H,19,22)(H2,18,20,21). The molecule has 6 nitrogen and oxygen atoms in total. The monoisotopic (exact) mass is 324 g/mol. The van der Waals surface area contributed by atoms with E-state index in [4.69, 9.17) is 4.74 Å². The van der Waals surface area contributed by atoms with Crippen molar-refractivity contribution in [3.8, 4) is 0 Å². The van der Waals surface area contributed by atoms with E-state index in [2.05, 4.69) is 20.9 Å². The number of carbonyl (C=O) groups is 1. The number of hydrogen-bond acceptors (Lipinski definition) is 3. The second-order valence-electron chi connectivity index (χ2n) is 4.84. The average molecular weight is 324 g/mol. The van der Waals surface area contributed by atoms with Gasteiger partial charge in [0.2, 0.25) is 5.91 Å². The Morgan fingerprint density at radius 2 is 2.09 bits per heavy atom. The number of methoxy groups -OCH3 is 1. The topological polar surface area (TPSA) is 74.8 Å². The normalized spacial score (nSPS) is 11.2. The Bertz CT molecular complexity index is 509. The maximum Gasteiger partial charge on any atom is 0.241 e. The minimum absolute atomic E-state index is 0.0407. The lowest BCUT2D eigenvalue weighted by Crippen LogP contribution is -2.39. The number of rotatable bonds is 9. The second kappa shape index (κ2) is 11.4. The lowest BCUT2D eigenvalue weighted by Gasteiger charge is -2.11. The van der Waals surface area contributed by atoms with Gasteiger partial charge in [-0.25, -0.2) is 9.38 Å². The Morgan fingerprint density at radius 3 is 2.78 bits per heavy atom. The molecule has 1 amide bonds. The van der Waals surface area contributed by atoms with Crippen LogP contribution in [0.4, 0.5) is 4.39 Å². The van der Waals surface area contributed by atoms with Gasteiger partial charge in [-0.1, -0.05) is 12.1 Å². The van der Waals surface area contributed by atoms with Crippen LogP contribution in [0.5, 0.6) is 0 Å². The van der Waals surface area contributed by atoms with Gasteiger partial charge in [0.1, 0.15) is 12.4 Å². The van der Waals surface area contributed by atoms with Crippen molar-refractivity contribution in [1.29, 1.82) is 0 Å². The molecule has 3 N–H and O–H groups in total. The summed E-state index contributed by atoms with van der Waals surface area (Å²) in [7, 11) is 1.58. The van der Waals surface area contributed by atoms with Gasteiger partial charge in [-0.3, -0.25) is 4.79 Å². The predicted molar refractivity (Wildman–Crippen MR) is 89.0 cm³/mol. The molecule has 0 spiro atoms. The summed E-state index contributed by atoms with van der Waals surface area (Å²) >= 11 is 0. The van der Waals surface area contributed by atoms with Gasteiger partial charge in [-0.15, -0.1) is 0 Å². The van der Waals surface area contributed by atoms with Crippen LogP contribution in [-0.2, 0) is 16.0 Å². The van der Waals surface area contributed by atoms with E-state index in [0.717, 1.165) is 5.56 Å². The minimum atomic E-state index is -0.240. The molecule has 1 aromatic rings. The number of nitrogens with zero attached hydrogens (tertiary/aromatic N) is 1. The number of hydrogen-bond donors (Lipinski definition) is 3. The fourth-order valence-corrected chi connectivity index (χ4v) is 1.86. The fourth-order valence-electron chi connectivity index (χ4n) is 1.86. The summed E-state index contributed by atoms with van der Waals surface area (Å²) in [5.74, 6) is 0.158. The number of halogens is 1. The number of amides is 1. The molecule has 0 fully saturated rings. The third kappa shape index (κ3) is 8.77. The smallest absolute Gasteiger partial charge is 0.241 e. The maximum atomic E-state index is 13.1. The van der Waals surface area contributed by atoms with E-state index in [-0.39, 0.29) is 18.3 Å². The van der Waals surface area contributed by atoms with Gasteiger partial charge in [0.05, 0.1) is 6.61 Å². The fraction of sp³-hybridized carbons (Fsp3) is 0.500. The van der Waals surface area contributed by atoms with Crippen LogP contribution in [0, 0.1) is 5.82 Å². The quantitative estimate of drug-likeness (QED) is 0.355. The molecule has 7 heteroatoms. The van der Waals surface area contributed by atoms with Gasteiger partial charge < -0.3 is 20.7 Å². The van der Waals surface area contributed by atoms with E-state index in [0.29, 0.717) is 38.6 Å². The third-order valence-electron chi connectivity index (χ3n) is 2.95. The summed E-state index contributed by atoms with van der Waals surface area (Å²) < 4.78 is 18.0. The van der Waals surface area contributed by atoms with E-state index < -0.39 is 0 Å². The van der Waals surface area contributed by atoms with Crippen LogP contribution < -0.4 is 16.0 Å². The highest BCUT2D eigenvalue weighted by Gasteiger charge is 2.02. The molecule has 0 aliphatic heterocycles. The summed E-state index contributed by atoms with van der Waals surface area (Å²) in [6.45, 7) is 4.22. The molecular formula is C16H25FN4O2. The molecule has 0 aromatic heterocycles. The van der Waals surface area contributed by atoms with Gasteiger partial charge in [-0.05, 0) is 31.0 Å². The second-order valence-corrected chi connectivity index (χ2v) is 4.84. The summed E-state index contributed by atoms with van der Waals surface area (Å²) in [5, 5.41) is 8.89. The largest absolute Gasteiger partial charge is 0.383 e. The van der Waals surface area contributed by atoms with Crippen molar-refractivity contribution in [3.63, 3.8) is 0 Å². The van der Waals surface area contributed by atoms with Crippen molar-refractivity contribution in [2.45, 2.75) is 13.3 Å². The number of guanidine groups is 1. The van der Waals surface area contributed by atoms with Crippen LogP contribution in [0.2, 0.25) is 0 Å². The predicted octanol–water partition coefficient (Wildman–Crippen LogP) is 0.686. The zero-order valence-electron chi connectivity index (χ0n) is 13.7. The molecule has 1 rings (SSSR count). The summed E-state index contributed by atoms with van der Waals surface area (Å²) in [6, 6.07) is 6.49. The lowest BCUT2D eigenvalue weighted by atomic mass is 10.1. The van der Waals surface area contributed by atoms with Crippen molar-refractivity contribution >= 4 is 11.9 Å². The summed E-state index contributed by atoms with van der Waals surface area (Å²) in [5.41, 5.74) is 0.908. The van der Waals surface area contributed by atoms with Gasteiger partial charge in [0.15, 0.2) is 5.96 Å². The number of ether oxygens (including phenoxy) is 1. The average Bonchev–Trinajstić information content (AvgIpc) is 2.53. The third-order valence-corrected chi connectivity index (χ3v) is 2.95. The summed E-state index contributed by atoms with van der Waals surface area (Å²) in [6.07, 6.45) is 0.669. The molecule has 0 bridgehead atoms. The molecule has 0 saturated carbocycles. The van der Waals surface area contributed by atoms with Crippen molar-refractivity contribution in [1.82, 2.24) is 16.0 Å². The Morgan fingerprint density at radius 1 is 1.26 bits per heavy atom. The number of aliphatic imine (C=N–C) groups is 1. The molecule has 0 radical (unpaired) electrons. The van der Waals surface area contributed by atoms with Crippen LogP contribution >= 0.6 is 0 Å². The highest BCUT2D eigenvalue weighted by Crippen LogP contribution is 2.03. The van der Waals surface area contributed by atoms with Gasteiger partial charge in [0.25, 0.3) is 0 Å². The first kappa shape index (κ1) is 18.9. The molecule has 0 unspecified atom stereocenters. The Labute approximate surface area is 136 Å². The molecule has 23 heavy (non-hydrogen) atoms. The van der Waals surface area contributed by atoms with Crippen LogP contribution in [-0.4, -0.2) is 51.8 Å². The van der Waals surface area contributed by atoms with Crippen LogP contribution in [0.15, 0.2) is 29.3 Å². The molecule has 0 aliphatic carbocycles. The number of nitrogens with one attached hydrogen (secondary N) is 3. The van der Waals surface area contributed by atoms with Crippen molar-refractivity contribution in [2.24, 2.45) is 4.99 Å². The Kier molecular flexibility index (Phi) is 9.38. The van der Waals surface area contributed by atoms with Crippen molar-refractivity contribution in [2.75, 3.05) is 39.9 Å². The van der Waals surface area contributed by atoms with Crippen LogP contribution in [0.25, 0.3) is 0 Å². The highest BCUT2D eigenvalue weighted by atomic mass is 19.1. The van der Waals surface area contributed by atoms with E-state index in [9.17, 15) is 9.18 Å². The molecular weight excluding hydrogens is 299 g/mol. The maximum absolute atomic E-state index is 13.1. The SMILES string of the molecule is CCNC(=NCC(=O)NCCOC)NCCc1cccc(F)c1. The van der Waals surface area contributed by atoms with E-state index in [1.54, 1.807) is 13.2 Å². The lowest BCUT2D eigenvalue weighted by molar-refractivity contribution is -0.119. The molecule has 0 atom stereocenters. The van der Waals surface area contributed by atoms with Gasteiger partial charge >= 0.3 is 0 Å². The van der Waals surface area contributed by atoms with Crippen molar-refractivity contribution < 1.29 is 13.9 Å². The molecule has 0 saturated heterocycles. The van der Waals surface area contributed by atoms with Crippen molar-refractivity contribution in [3.05, 3.63) is 35.6 Å². The first-order valence-electron chi connectivity index (χ1n) is 7.68. The van der Waals surface area contributed by atoms with E-state index >= 15 is 0 Å². The number of benzene rings is 1. The number of carbonyl (C=O) groups excluding carboxylic acids is 1. The van der Waals surface area contributed by atoms with Gasteiger partial charge in [-0.2, -0.15) is 0 Å². The minimum Gasteiger partial charge on any atom is -0.383 e. The molecule has 0 heterocycles. The Hall–Kier alpha value is -2.15. The van der Waals surface area contributed by atoms with E-state index in [1.807, 2.05) is 13.0 Å². The summed E-state index contributed by atoms with van der Waals surface area (Å²) in [4.78, 5) is 15.8. The molecule has 1 aromatic carbocycles. The molecule has 128 valence electrons. The zero-order valence-corrected chi connectivity index (χ0v) is 13.7. The molecule has 0 aliphatic rings. The van der Waals surface area contributed by atoms with Gasteiger partial charge in [0, 0.05) is 26.7 Å². The first-order valence-corrected chi connectivity index (χ1v) is 7.68. The van der Waals surface area contributed by atoms with Crippen LogP contribution in [0.3, 0.4) is 0 Å².